The molecule has 0 bridgehead atoms. The third-order valence-corrected chi connectivity index (χ3v) is 1.73. The van der Waals surface area contributed by atoms with E-state index >= 15 is 0 Å². The molecule has 0 spiro atoms. The van der Waals surface area contributed by atoms with Gasteiger partial charge in [0.25, 0.3) is 0 Å². The van der Waals surface area contributed by atoms with Crippen molar-refractivity contribution < 1.29 is 0 Å². The minimum absolute atomic E-state index is 0.340. The van der Waals surface area contributed by atoms with Gasteiger partial charge in [0.05, 0.1) is 6.07 Å². The molecule has 2 nitrogen and oxygen atoms in total. The van der Waals surface area contributed by atoms with Crippen molar-refractivity contribution in [3.05, 3.63) is 0 Å². The average molecular weight is 110 g/mol. The molecule has 0 saturated heterocycles. The van der Waals surface area contributed by atoms with E-state index < -0.39 is 0 Å². The standard InChI is InChI=1S/C6H10N2/c1-8-6-2-5(3-6)4-7/h5-6,8H,2-3H2,1H3/t5-,6-. The molecule has 0 aromatic rings. The third kappa shape index (κ3) is 0.823. The molecule has 1 aliphatic carbocycles. The molecule has 0 radical (unpaired) electrons. The zero-order chi connectivity index (χ0) is 5.98. The van der Waals surface area contributed by atoms with Gasteiger partial charge in [-0.2, -0.15) is 5.26 Å². The number of nitrogens with zero attached hydrogens (tertiary/aromatic N) is 1. The lowest BCUT2D eigenvalue weighted by Crippen LogP contribution is -2.38. The van der Waals surface area contributed by atoms with Crippen LogP contribution in [0, 0.1) is 17.2 Å². The molecular weight excluding hydrogens is 100 g/mol. The van der Waals surface area contributed by atoms with Crippen molar-refractivity contribution in [1.29, 1.82) is 5.26 Å². The molecule has 44 valence electrons. The molecule has 1 fully saturated rings. The lowest BCUT2D eigenvalue weighted by Gasteiger charge is -2.29. The van der Waals surface area contributed by atoms with Crippen LogP contribution in [0.2, 0.25) is 0 Å². The minimum Gasteiger partial charge on any atom is -0.317 e. The summed E-state index contributed by atoms with van der Waals surface area (Å²) in [6.07, 6.45) is 2.10. The number of nitriles is 1. The summed E-state index contributed by atoms with van der Waals surface area (Å²) < 4.78 is 0. The fraction of sp³-hybridized carbons (Fsp3) is 0.833. The highest BCUT2D eigenvalue weighted by Gasteiger charge is 2.26. The van der Waals surface area contributed by atoms with E-state index in [1.165, 1.54) is 0 Å². The SMILES string of the molecule is CN[C@H]1C[C@H](C#N)C1. The van der Waals surface area contributed by atoms with Crippen LogP contribution in [0.3, 0.4) is 0 Å². The highest BCUT2D eigenvalue weighted by Crippen LogP contribution is 2.25. The Kier molecular flexibility index (Phi) is 1.50. The molecule has 1 N–H and O–H groups in total. The van der Waals surface area contributed by atoms with Crippen LogP contribution in [-0.2, 0) is 0 Å². The van der Waals surface area contributed by atoms with E-state index in [1.54, 1.807) is 0 Å². The Balaban J connectivity index is 2.14. The van der Waals surface area contributed by atoms with Crippen LogP contribution in [-0.4, -0.2) is 13.1 Å². The first-order valence-corrected chi connectivity index (χ1v) is 2.93. The van der Waals surface area contributed by atoms with E-state index in [0.29, 0.717) is 12.0 Å². The zero-order valence-corrected chi connectivity index (χ0v) is 5.02. The predicted molar refractivity (Wildman–Crippen MR) is 31.2 cm³/mol. The first-order valence-electron chi connectivity index (χ1n) is 2.93. The van der Waals surface area contributed by atoms with Gasteiger partial charge in [0, 0.05) is 12.0 Å². The van der Waals surface area contributed by atoms with Gasteiger partial charge in [0.1, 0.15) is 0 Å². The Bertz CT molecular complexity index is 108. The van der Waals surface area contributed by atoms with Crippen molar-refractivity contribution in [3.63, 3.8) is 0 Å². The maximum Gasteiger partial charge on any atom is 0.0657 e. The van der Waals surface area contributed by atoms with Crippen molar-refractivity contribution in [2.45, 2.75) is 18.9 Å². The summed E-state index contributed by atoms with van der Waals surface area (Å²) in [5.41, 5.74) is 0. The highest BCUT2D eigenvalue weighted by atomic mass is 14.9. The number of hydrogen-bond acceptors (Lipinski definition) is 2. The van der Waals surface area contributed by atoms with Gasteiger partial charge >= 0.3 is 0 Å². The van der Waals surface area contributed by atoms with Crippen LogP contribution in [0.5, 0.6) is 0 Å². The molecule has 0 heterocycles. The summed E-state index contributed by atoms with van der Waals surface area (Å²) in [5.74, 6) is 0.340. The number of nitrogens with one attached hydrogen (secondary N) is 1. The zero-order valence-electron chi connectivity index (χ0n) is 5.02. The third-order valence-electron chi connectivity index (χ3n) is 1.73. The van der Waals surface area contributed by atoms with Gasteiger partial charge in [0.15, 0.2) is 0 Å². The van der Waals surface area contributed by atoms with Crippen molar-refractivity contribution in [3.8, 4) is 6.07 Å². The monoisotopic (exact) mass is 110 g/mol. The Labute approximate surface area is 49.5 Å². The molecule has 1 rings (SSSR count). The molecule has 8 heavy (non-hydrogen) atoms. The molecule has 1 saturated carbocycles. The summed E-state index contributed by atoms with van der Waals surface area (Å²) >= 11 is 0. The second-order valence-electron chi connectivity index (χ2n) is 2.28. The van der Waals surface area contributed by atoms with E-state index in [2.05, 4.69) is 11.4 Å². The Morgan fingerprint density at radius 1 is 1.62 bits per heavy atom. The minimum atomic E-state index is 0.340. The van der Waals surface area contributed by atoms with Crippen molar-refractivity contribution in [2.24, 2.45) is 5.92 Å². The van der Waals surface area contributed by atoms with Gasteiger partial charge in [-0.05, 0) is 19.9 Å². The Morgan fingerprint density at radius 3 is 2.62 bits per heavy atom. The van der Waals surface area contributed by atoms with Crippen LogP contribution < -0.4 is 5.32 Å². The summed E-state index contributed by atoms with van der Waals surface area (Å²) in [5, 5.41) is 11.4. The molecule has 0 aliphatic heterocycles. The van der Waals surface area contributed by atoms with Crippen LogP contribution >= 0.6 is 0 Å². The topological polar surface area (TPSA) is 35.8 Å². The number of rotatable bonds is 1. The maximum atomic E-state index is 8.32. The summed E-state index contributed by atoms with van der Waals surface area (Å²) in [7, 11) is 1.94. The normalized spacial score (nSPS) is 35.5. The quantitative estimate of drug-likeness (QED) is 0.533. The molecule has 1 aliphatic rings. The fourth-order valence-corrected chi connectivity index (χ4v) is 0.959. The molecule has 0 aromatic carbocycles. The largest absolute Gasteiger partial charge is 0.317 e. The lowest BCUT2D eigenvalue weighted by molar-refractivity contribution is 0.290. The van der Waals surface area contributed by atoms with E-state index in [9.17, 15) is 0 Å². The summed E-state index contributed by atoms with van der Waals surface area (Å²) in [6.45, 7) is 0. The maximum absolute atomic E-state index is 8.32. The predicted octanol–water partition coefficient (Wildman–Crippen LogP) is 0.508. The van der Waals surface area contributed by atoms with E-state index in [-0.39, 0.29) is 0 Å². The van der Waals surface area contributed by atoms with Crippen LogP contribution in [0.1, 0.15) is 12.8 Å². The molecule has 0 aromatic heterocycles. The Morgan fingerprint density at radius 2 is 2.25 bits per heavy atom. The summed E-state index contributed by atoms with van der Waals surface area (Å²) in [4.78, 5) is 0. The molecular formula is C6H10N2. The first-order chi connectivity index (χ1) is 3.86. The fourth-order valence-electron chi connectivity index (χ4n) is 0.959. The second-order valence-corrected chi connectivity index (χ2v) is 2.28. The van der Waals surface area contributed by atoms with E-state index in [4.69, 9.17) is 5.26 Å². The smallest absolute Gasteiger partial charge is 0.0657 e. The van der Waals surface area contributed by atoms with E-state index in [1.807, 2.05) is 7.05 Å². The molecule has 0 amide bonds. The van der Waals surface area contributed by atoms with Gasteiger partial charge in [-0.25, -0.2) is 0 Å². The second kappa shape index (κ2) is 2.15. The van der Waals surface area contributed by atoms with Crippen molar-refractivity contribution in [2.75, 3.05) is 7.05 Å². The van der Waals surface area contributed by atoms with Gasteiger partial charge in [0.2, 0.25) is 0 Å². The van der Waals surface area contributed by atoms with E-state index in [0.717, 1.165) is 12.8 Å². The Hall–Kier alpha value is -0.550. The van der Waals surface area contributed by atoms with Gasteiger partial charge in [-0.1, -0.05) is 0 Å². The van der Waals surface area contributed by atoms with Crippen LogP contribution in [0.15, 0.2) is 0 Å². The number of hydrogen-bond donors (Lipinski definition) is 1. The molecule has 0 unspecified atom stereocenters. The van der Waals surface area contributed by atoms with Crippen molar-refractivity contribution >= 4 is 0 Å². The van der Waals surface area contributed by atoms with Crippen LogP contribution in [0.25, 0.3) is 0 Å². The highest BCUT2D eigenvalue weighted by molar-refractivity contribution is 4.96. The van der Waals surface area contributed by atoms with Crippen molar-refractivity contribution in [1.82, 2.24) is 5.32 Å². The van der Waals surface area contributed by atoms with Gasteiger partial charge < -0.3 is 5.32 Å². The van der Waals surface area contributed by atoms with Crippen LogP contribution in [0.4, 0.5) is 0 Å². The molecule has 0 atom stereocenters. The van der Waals surface area contributed by atoms with Gasteiger partial charge in [-0.15, -0.1) is 0 Å². The van der Waals surface area contributed by atoms with Gasteiger partial charge in [-0.3, -0.25) is 0 Å². The first kappa shape index (κ1) is 5.58. The average Bonchev–Trinajstić information content (AvgIpc) is 1.65. The lowest BCUT2D eigenvalue weighted by atomic mass is 9.82. The summed E-state index contributed by atoms with van der Waals surface area (Å²) in [6, 6.07) is 2.85. The molecule has 2 heteroatoms.